The van der Waals surface area contributed by atoms with E-state index in [2.05, 4.69) is 10.4 Å². The third kappa shape index (κ3) is 5.07. The molecule has 0 unspecified atom stereocenters. The number of nitro benzene ring substituents is 1. The number of nitrogens with one attached hydrogen (secondary N) is 1. The molecule has 0 bridgehead atoms. The fraction of sp³-hybridized carbons (Fsp3) is 0.120. The smallest absolute Gasteiger partial charge is 0.271 e. The lowest BCUT2D eigenvalue weighted by molar-refractivity contribution is -0.384. The molecule has 8 nitrogen and oxygen atoms in total. The average molecular weight is 442 g/mol. The fourth-order valence-corrected chi connectivity index (χ4v) is 3.46. The summed E-state index contributed by atoms with van der Waals surface area (Å²) < 4.78 is 6.72. The van der Waals surface area contributed by atoms with Gasteiger partial charge in [0.15, 0.2) is 0 Å². The van der Waals surface area contributed by atoms with E-state index in [4.69, 9.17) is 4.74 Å². The lowest BCUT2D eigenvalue weighted by Crippen LogP contribution is -2.27. The third-order valence-corrected chi connectivity index (χ3v) is 5.13. The number of hydrogen-bond donors (Lipinski definition) is 1. The van der Waals surface area contributed by atoms with Gasteiger partial charge in [0.25, 0.3) is 11.6 Å². The molecule has 0 atom stereocenters. The number of nitro groups is 1. The van der Waals surface area contributed by atoms with Crippen LogP contribution in [0.25, 0.3) is 16.9 Å². The average Bonchev–Trinajstić information content (AvgIpc) is 3.30. The molecule has 1 N–H and O–H groups in total. The number of nitrogens with zero attached hydrogens (tertiary/aromatic N) is 3. The SMILES string of the molecule is COc1cccc(-c2cc(C(=O)NCCc3ccccc3)n(-c3cccc([N+](=O)[O-])c3)n2)c1. The summed E-state index contributed by atoms with van der Waals surface area (Å²) in [5.41, 5.74) is 3.04. The van der Waals surface area contributed by atoms with Gasteiger partial charge in [0, 0.05) is 24.2 Å². The van der Waals surface area contributed by atoms with Crippen LogP contribution in [0.2, 0.25) is 0 Å². The summed E-state index contributed by atoms with van der Waals surface area (Å²) in [6.07, 6.45) is 0.681. The number of aromatic nitrogens is 2. The number of amides is 1. The van der Waals surface area contributed by atoms with Crippen LogP contribution in [0.4, 0.5) is 5.69 Å². The van der Waals surface area contributed by atoms with Crippen molar-refractivity contribution in [1.82, 2.24) is 15.1 Å². The van der Waals surface area contributed by atoms with Gasteiger partial charge in [-0.3, -0.25) is 14.9 Å². The fourth-order valence-electron chi connectivity index (χ4n) is 3.46. The first-order valence-corrected chi connectivity index (χ1v) is 10.4. The Bertz CT molecular complexity index is 1280. The van der Waals surface area contributed by atoms with Gasteiger partial charge < -0.3 is 10.1 Å². The minimum atomic E-state index is -0.477. The Kier molecular flexibility index (Phi) is 6.45. The summed E-state index contributed by atoms with van der Waals surface area (Å²) in [5, 5.41) is 18.8. The second kappa shape index (κ2) is 9.78. The number of ether oxygens (including phenoxy) is 1. The summed E-state index contributed by atoms with van der Waals surface area (Å²) in [6, 6.07) is 24.9. The van der Waals surface area contributed by atoms with Crippen LogP contribution in [0.15, 0.2) is 84.9 Å². The number of carbonyl (C=O) groups excluding carboxylic acids is 1. The normalized spacial score (nSPS) is 10.6. The maximum atomic E-state index is 13.1. The molecular formula is C25H22N4O4. The van der Waals surface area contributed by atoms with Crippen molar-refractivity contribution >= 4 is 11.6 Å². The first-order chi connectivity index (χ1) is 16.0. The molecule has 33 heavy (non-hydrogen) atoms. The van der Waals surface area contributed by atoms with E-state index in [9.17, 15) is 14.9 Å². The Balaban J connectivity index is 1.67. The number of hydrogen-bond acceptors (Lipinski definition) is 5. The van der Waals surface area contributed by atoms with Crippen molar-refractivity contribution in [2.75, 3.05) is 13.7 Å². The van der Waals surface area contributed by atoms with E-state index < -0.39 is 4.92 Å². The minimum Gasteiger partial charge on any atom is -0.497 e. The summed E-state index contributed by atoms with van der Waals surface area (Å²) in [6.45, 7) is 0.442. The van der Waals surface area contributed by atoms with E-state index in [-0.39, 0.29) is 17.3 Å². The zero-order valence-corrected chi connectivity index (χ0v) is 18.0. The highest BCUT2D eigenvalue weighted by Gasteiger charge is 2.19. The summed E-state index contributed by atoms with van der Waals surface area (Å²) in [5.74, 6) is 0.338. The molecule has 0 fully saturated rings. The van der Waals surface area contributed by atoms with Crippen LogP contribution in [0.5, 0.6) is 5.75 Å². The molecule has 3 aromatic carbocycles. The van der Waals surface area contributed by atoms with Gasteiger partial charge in [-0.15, -0.1) is 0 Å². The predicted molar refractivity (Wildman–Crippen MR) is 125 cm³/mol. The molecular weight excluding hydrogens is 420 g/mol. The molecule has 0 spiro atoms. The molecule has 0 aliphatic carbocycles. The first kappa shape index (κ1) is 21.8. The van der Waals surface area contributed by atoms with Gasteiger partial charge in [-0.25, -0.2) is 4.68 Å². The second-order valence-electron chi connectivity index (χ2n) is 7.33. The maximum Gasteiger partial charge on any atom is 0.271 e. The number of non-ortho nitro benzene ring substituents is 1. The van der Waals surface area contributed by atoms with Crippen LogP contribution < -0.4 is 10.1 Å². The Labute approximate surface area is 190 Å². The molecule has 166 valence electrons. The molecule has 1 heterocycles. The lowest BCUT2D eigenvalue weighted by Gasteiger charge is -2.08. The van der Waals surface area contributed by atoms with Gasteiger partial charge in [0.1, 0.15) is 11.4 Å². The van der Waals surface area contributed by atoms with E-state index in [1.165, 1.54) is 16.8 Å². The van der Waals surface area contributed by atoms with Crippen molar-refractivity contribution in [2.24, 2.45) is 0 Å². The Hall–Kier alpha value is -4.46. The molecule has 4 rings (SSSR count). The first-order valence-electron chi connectivity index (χ1n) is 10.4. The van der Waals surface area contributed by atoms with Crippen molar-refractivity contribution in [3.63, 3.8) is 0 Å². The molecule has 1 aromatic heterocycles. The largest absolute Gasteiger partial charge is 0.497 e. The molecule has 0 radical (unpaired) electrons. The highest BCUT2D eigenvalue weighted by molar-refractivity contribution is 5.94. The topological polar surface area (TPSA) is 99.3 Å². The van der Waals surface area contributed by atoms with Crippen LogP contribution >= 0.6 is 0 Å². The highest BCUT2D eigenvalue weighted by atomic mass is 16.6. The number of rotatable bonds is 8. The third-order valence-electron chi connectivity index (χ3n) is 5.13. The quantitative estimate of drug-likeness (QED) is 0.321. The Morgan fingerprint density at radius 3 is 2.58 bits per heavy atom. The van der Waals surface area contributed by atoms with E-state index in [1.807, 2.05) is 54.6 Å². The van der Waals surface area contributed by atoms with Gasteiger partial charge in [-0.1, -0.05) is 48.5 Å². The maximum absolute atomic E-state index is 13.1. The van der Waals surface area contributed by atoms with Gasteiger partial charge in [-0.05, 0) is 36.2 Å². The van der Waals surface area contributed by atoms with Crippen LogP contribution in [-0.4, -0.2) is 34.3 Å². The van der Waals surface area contributed by atoms with Crippen molar-refractivity contribution in [3.8, 4) is 22.7 Å². The number of methoxy groups -OCH3 is 1. The van der Waals surface area contributed by atoms with Crippen LogP contribution in [0.3, 0.4) is 0 Å². The molecule has 0 saturated heterocycles. The number of benzene rings is 3. The standard InChI is InChI=1S/C25H22N4O4/c1-33-22-12-5-9-19(15-22)23-17-24(25(30)26-14-13-18-7-3-2-4-8-18)28(27-23)20-10-6-11-21(16-20)29(31)32/h2-12,15-17H,13-14H2,1H3,(H,26,30). The van der Waals surface area contributed by atoms with Crippen LogP contribution in [0, 0.1) is 10.1 Å². The van der Waals surface area contributed by atoms with Gasteiger partial charge in [-0.2, -0.15) is 5.10 Å². The summed E-state index contributed by atoms with van der Waals surface area (Å²) in [7, 11) is 1.58. The Morgan fingerprint density at radius 2 is 1.82 bits per heavy atom. The zero-order chi connectivity index (χ0) is 23.2. The van der Waals surface area contributed by atoms with E-state index in [0.717, 1.165) is 11.1 Å². The zero-order valence-electron chi connectivity index (χ0n) is 18.0. The van der Waals surface area contributed by atoms with Crippen LogP contribution in [0.1, 0.15) is 16.1 Å². The highest BCUT2D eigenvalue weighted by Crippen LogP contribution is 2.26. The number of carbonyl (C=O) groups is 1. The van der Waals surface area contributed by atoms with Crippen molar-refractivity contribution in [2.45, 2.75) is 6.42 Å². The summed E-state index contributed by atoms with van der Waals surface area (Å²) in [4.78, 5) is 23.9. The van der Waals surface area contributed by atoms with Gasteiger partial charge in [0.2, 0.25) is 0 Å². The van der Waals surface area contributed by atoms with E-state index >= 15 is 0 Å². The second-order valence-corrected chi connectivity index (χ2v) is 7.33. The molecule has 8 heteroatoms. The van der Waals surface area contributed by atoms with Gasteiger partial charge >= 0.3 is 0 Å². The molecule has 4 aromatic rings. The monoisotopic (exact) mass is 442 g/mol. The lowest BCUT2D eigenvalue weighted by atomic mass is 10.1. The molecule has 0 aliphatic heterocycles. The summed E-state index contributed by atoms with van der Waals surface area (Å²) >= 11 is 0. The van der Waals surface area contributed by atoms with E-state index in [1.54, 1.807) is 25.3 Å². The van der Waals surface area contributed by atoms with Crippen molar-refractivity contribution < 1.29 is 14.5 Å². The van der Waals surface area contributed by atoms with Crippen molar-refractivity contribution in [3.05, 3.63) is 106 Å². The van der Waals surface area contributed by atoms with E-state index in [0.29, 0.717) is 30.1 Å². The van der Waals surface area contributed by atoms with Crippen molar-refractivity contribution in [1.29, 1.82) is 0 Å². The molecule has 1 amide bonds. The molecule has 0 saturated carbocycles. The van der Waals surface area contributed by atoms with Gasteiger partial charge in [0.05, 0.1) is 23.4 Å². The van der Waals surface area contributed by atoms with Crippen LogP contribution in [-0.2, 0) is 6.42 Å². The predicted octanol–water partition coefficient (Wildman–Crippen LogP) is 4.43. The minimum absolute atomic E-state index is 0.0821. The Morgan fingerprint density at radius 1 is 1.03 bits per heavy atom. The molecule has 0 aliphatic rings.